The highest BCUT2D eigenvalue weighted by molar-refractivity contribution is 8.08. The molecule has 35 heavy (non-hydrogen) atoms. The fourth-order valence-electron chi connectivity index (χ4n) is 4.91. The number of aromatic nitrogens is 4. The van der Waals surface area contributed by atoms with E-state index in [1.54, 1.807) is 24.3 Å². The Labute approximate surface area is 213 Å². The van der Waals surface area contributed by atoms with Crippen molar-refractivity contribution < 1.29 is 4.79 Å². The zero-order chi connectivity index (χ0) is 24.4. The highest BCUT2D eigenvalue weighted by atomic mass is 35.5. The number of halogens is 1. The van der Waals surface area contributed by atoms with Crippen LogP contribution in [-0.4, -0.2) is 50.6 Å². The van der Waals surface area contributed by atoms with E-state index in [9.17, 15) is 4.79 Å². The van der Waals surface area contributed by atoms with Crippen LogP contribution in [-0.2, 0) is 4.79 Å². The van der Waals surface area contributed by atoms with Gasteiger partial charge in [0.15, 0.2) is 5.82 Å². The van der Waals surface area contributed by atoms with E-state index >= 15 is 0 Å². The van der Waals surface area contributed by atoms with Gasteiger partial charge in [0.05, 0.1) is 10.9 Å². The minimum absolute atomic E-state index is 0.107. The van der Waals surface area contributed by atoms with Crippen LogP contribution in [0.5, 0.6) is 0 Å². The SMILES string of the molecule is CC(=O)Nc1cc(C2CC(C(c3ccc(Cl)cc3)N3CC(CCN)C3)=C(c3ncn[nH]3)S2)ccn1. The maximum Gasteiger partial charge on any atom is 0.222 e. The summed E-state index contributed by atoms with van der Waals surface area (Å²) in [7, 11) is 0. The number of carbonyl (C=O) groups excluding carboxylic acids is 1. The van der Waals surface area contributed by atoms with Crippen LogP contribution in [0.3, 0.4) is 0 Å². The van der Waals surface area contributed by atoms with Crippen molar-refractivity contribution in [2.45, 2.75) is 31.1 Å². The van der Waals surface area contributed by atoms with Crippen LogP contribution in [0.1, 0.15) is 48.0 Å². The molecule has 1 aromatic carbocycles. The van der Waals surface area contributed by atoms with Gasteiger partial charge in [-0.2, -0.15) is 5.10 Å². The Morgan fingerprint density at radius 2 is 2.09 bits per heavy atom. The number of carbonyl (C=O) groups is 1. The van der Waals surface area contributed by atoms with Crippen molar-refractivity contribution >= 4 is 40.0 Å². The van der Waals surface area contributed by atoms with E-state index in [0.717, 1.165) is 47.2 Å². The molecule has 1 fully saturated rings. The summed E-state index contributed by atoms with van der Waals surface area (Å²) in [5.74, 6) is 1.82. The summed E-state index contributed by atoms with van der Waals surface area (Å²) in [5.41, 5.74) is 9.46. The summed E-state index contributed by atoms with van der Waals surface area (Å²) in [5, 5.41) is 10.9. The van der Waals surface area contributed by atoms with Crippen molar-refractivity contribution in [2.75, 3.05) is 25.0 Å². The molecule has 0 spiro atoms. The van der Waals surface area contributed by atoms with Gasteiger partial charge in [0.25, 0.3) is 0 Å². The number of benzene rings is 1. The molecule has 4 heterocycles. The van der Waals surface area contributed by atoms with Crippen LogP contribution in [0.25, 0.3) is 4.91 Å². The van der Waals surface area contributed by atoms with Gasteiger partial charge in [-0.3, -0.25) is 14.8 Å². The van der Waals surface area contributed by atoms with Crippen molar-refractivity contribution in [3.8, 4) is 0 Å². The van der Waals surface area contributed by atoms with Gasteiger partial charge in [-0.25, -0.2) is 9.97 Å². The number of anilines is 1. The number of nitrogens with zero attached hydrogens (tertiary/aromatic N) is 4. The van der Waals surface area contributed by atoms with E-state index in [2.05, 4.69) is 42.5 Å². The molecule has 2 atom stereocenters. The van der Waals surface area contributed by atoms with E-state index < -0.39 is 0 Å². The lowest BCUT2D eigenvalue weighted by Crippen LogP contribution is -2.49. The maximum atomic E-state index is 11.6. The summed E-state index contributed by atoms with van der Waals surface area (Å²) in [6.45, 7) is 4.22. The Morgan fingerprint density at radius 1 is 1.29 bits per heavy atom. The number of amides is 1. The molecular formula is C25H28ClN7OS. The van der Waals surface area contributed by atoms with Crippen molar-refractivity contribution in [1.82, 2.24) is 25.1 Å². The van der Waals surface area contributed by atoms with Gasteiger partial charge in [0.1, 0.15) is 12.1 Å². The first kappa shape index (κ1) is 24.0. The van der Waals surface area contributed by atoms with Crippen molar-refractivity contribution in [2.24, 2.45) is 11.7 Å². The van der Waals surface area contributed by atoms with Gasteiger partial charge in [0.2, 0.25) is 5.91 Å². The normalized spacial score (nSPS) is 19.6. The summed E-state index contributed by atoms with van der Waals surface area (Å²) in [4.78, 5) is 24.0. The van der Waals surface area contributed by atoms with Gasteiger partial charge >= 0.3 is 0 Å². The Morgan fingerprint density at radius 3 is 2.77 bits per heavy atom. The van der Waals surface area contributed by atoms with E-state index in [4.69, 9.17) is 17.3 Å². The highest BCUT2D eigenvalue weighted by Gasteiger charge is 2.40. The molecular weight excluding hydrogens is 482 g/mol. The number of H-pyrrole nitrogens is 1. The number of thioether (sulfide) groups is 1. The van der Waals surface area contributed by atoms with E-state index in [0.29, 0.717) is 18.3 Å². The largest absolute Gasteiger partial charge is 0.330 e. The fourth-order valence-corrected chi connectivity index (χ4v) is 6.42. The Hall–Kier alpha value is -2.72. The topological polar surface area (TPSA) is 113 Å². The number of aromatic amines is 1. The standard InChI is InChI=1S/C25H28ClN7OS/c1-15(34)31-22-10-18(7-9-28-22)21-11-20(24(35-21)25-29-14-30-32-25)23(17-2-4-19(26)5-3-17)33-12-16(13-33)6-8-27/h2-5,7,9-10,14,16,21,23H,6,8,11-13,27H2,1H3,(H,28,31,34)(H,29,30,32). The third-order valence-corrected chi connectivity index (χ3v) is 8.15. The number of likely N-dealkylation sites (tertiary alicyclic amines) is 1. The molecule has 182 valence electrons. The van der Waals surface area contributed by atoms with Gasteiger partial charge in [-0.15, -0.1) is 11.8 Å². The van der Waals surface area contributed by atoms with E-state index in [1.165, 1.54) is 18.1 Å². The van der Waals surface area contributed by atoms with Crippen LogP contribution < -0.4 is 11.1 Å². The number of nitrogens with one attached hydrogen (secondary N) is 2. The zero-order valence-corrected chi connectivity index (χ0v) is 21.0. The van der Waals surface area contributed by atoms with Crippen LogP contribution in [0.15, 0.2) is 54.5 Å². The number of pyridine rings is 1. The molecule has 8 nitrogen and oxygen atoms in total. The highest BCUT2D eigenvalue weighted by Crippen LogP contribution is 2.56. The molecule has 2 aromatic heterocycles. The Bertz CT molecular complexity index is 1210. The molecule has 2 aliphatic heterocycles. The minimum Gasteiger partial charge on any atom is -0.330 e. The van der Waals surface area contributed by atoms with Gasteiger partial charge in [-0.1, -0.05) is 23.7 Å². The van der Waals surface area contributed by atoms with Crippen molar-refractivity contribution in [3.63, 3.8) is 0 Å². The predicted octanol–water partition coefficient (Wildman–Crippen LogP) is 4.42. The molecule has 1 saturated heterocycles. The number of hydrogen-bond acceptors (Lipinski definition) is 7. The fraction of sp³-hybridized carbons (Fsp3) is 0.360. The third-order valence-electron chi connectivity index (χ3n) is 6.49. The number of rotatable bonds is 8. The molecule has 0 saturated carbocycles. The average Bonchev–Trinajstić information content (AvgIpc) is 3.49. The molecule has 1 amide bonds. The molecule has 2 unspecified atom stereocenters. The quantitative estimate of drug-likeness (QED) is 0.412. The average molecular weight is 510 g/mol. The van der Waals surface area contributed by atoms with Crippen LogP contribution in [0, 0.1) is 5.92 Å². The smallest absolute Gasteiger partial charge is 0.222 e. The second-order valence-electron chi connectivity index (χ2n) is 9.01. The lowest BCUT2D eigenvalue weighted by molar-refractivity contribution is -0.114. The van der Waals surface area contributed by atoms with Crippen LogP contribution >= 0.6 is 23.4 Å². The monoisotopic (exact) mass is 509 g/mol. The van der Waals surface area contributed by atoms with Crippen LogP contribution in [0.4, 0.5) is 5.82 Å². The van der Waals surface area contributed by atoms with E-state index in [1.807, 2.05) is 24.3 Å². The number of nitrogens with two attached hydrogens (primary N) is 1. The second-order valence-corrected chi connectivity index (χ2v) is 10.7. The van der Waals surface area contributed by atoms with Gasteiger partial charge in [-0.05, 0) is 66.3 Å². The third kappa shape index (κ3) is 5.28. The predicted molar refractivity (Wildman–Crippen MR) is 140 cm³/mol. The minimum atomic E-state index is -0.137. The first-order valence-electron chi connectivity index (χ1n) is 11.7. The lowest BCUT2D eigenvalue weighted by Gasteiger charge is -2.45. The first-order chi connectivity index (χ1) is 17.0. The van der Waals surface area contributed by atoms with Crippen molar-refractivity contribution in [1.29, 1.82) is 0 Å². The molecule has 0 bridgehead atoms. The molecule has 0 radical (unpaired) electrons. The van der Waals surface area contributed by atoms with Crippen LogP contribution in [0.2, 0.25) is 5.02 Å². The maximum absolute atomic E-state index is 11.6. The Balaban J connectivity index is 1.51. The molecule has 5 rings (SSSR count). The molecule has 0 aliphatic carbocycles. The lowest BCUT2D eigenvalue weighted by atomic mass is 9.86. The van der Waals surface area contributed by atoms with Gasteiger partial charge in [0, 0.05) is 36.5 Å². The van der Waals surface area contributed by atoms with Crippen molar-refractivity contribution in [3.05, 3.63) is 76.5 Å². The molecule has 2 aliphatic rings. The Kier molecular flexibility index (Phi) is 7.19. The second kappa shape index (κ2) is 10.5. The summed E-state index contributed by atoms with van der Waals surface area (Å²) < 4.78 is 0. The first-order valence-corrected chi connectivity index (χ1v) is 13.0. The summed E-state index contributed by atoms with van der Waals surface area (Å²) >= 11 is 8.01. The van der Waals surface area contributed by atoms with Gasteiger partial charge < -0.3 is 11.1 Å². The summed E-state index contributed by atoms with van der Waals surface area (Å²) in [6.07, 6.45) is 5.18. The summed E-state index contributed by atoms with van der Waals surface area (Å²) in [6, 6.07) is 12.2. The molecule has 3 aromatic rings. The number of hydrogen-bond donors (Lipinski definition) is 3. The van der Waals surface area contributed by atoms with E-state index in [-0.39, 0.29) is 17.2 Å². The zero-order valence-electron chi connectivity index (χ0n) is 19.4. The molecule has 4 N–H and O–H groups in total. The molecule has 10 heteroatoms.